The van der Waals surface area contributed by atoms with Crippen LogP contribution in [0.4, 0.5) is 0 Å². The summed E-state index contributed by atoms with van der Waals surface area (Å²) in [4.78, 5) is 11.2. The lowest BCUT2D eigenvalue weighted by molar-refractivity contribution is -0.169. The summed E-state index contributed by atoms with van der Waals surface area (Å²) in [5.41, 5.74) is 0.168. The van der Waals surface area contributed by atoms with Crippen molar-refractivity contribution in [3.8, 4) is 0 Å². The summed E-state index contributed by atoms with van der Waals surface area (Å²) in [6.07, 6.45) is 4.75. The number of ether oxygens (including phenoxy) is 1. The number of allylic oxidation sites excluding steroid dienone is 2. The lowest BCUT2D eigenvalue weighted by Crippen LogP contribution is -2.36. The molecule has 0 aromatic carbocycles. The number of carbonyl (C=O) groups is 1. The lowest BCUT2D eigenvalue weighted by Gasteiger charge is -2.17. The zero-order valence-electron chi connectivity index (χ0n) is 6.97. The molecule has 1 rings (SSSR count). The average molecular weight is 183 g/mol. The Morgan fingerprint density at radius 3 is 2.69 bits per heavy atom. The van der Waals surface area contributed by atoms with Crippen molar-refractivity contribution in [3.63, 3.8) is 0 Å². The summed E-state index contributed by atoms with van der Waals surface area (Å²) in [5.74, 6) is -2.58. The number of ketones is 1. The number of aliphatic hydroxyl groups is 1. The molecule has 1 atom stereocenters. The second kappa shape index (κ2) is 3.51. The van der Waals surface area contributed by atoms with Crippen molar-refractivity contribution in [1.82, 2.24) is 0 Å². The lowest BCUT2D eigenvalue weighted by atomic mass is 10.2. The van der Waals surface area contributed by atoms with Crippen LogP contribution in [0.15, 0.2) is 29.5 Å². The minimum absolute atomic E-state index is 0.168. The van der Waals surface area contributed by atoms with Crippen LogP contribution in [0.2, 0.25) is 0 Å². The highest BCUT2D eigenvalue weighted by Gasteiger charge is 2.32. The van der Waals surface area contributed by atoms with Crippen molar-refractivity contribution < 1.29 is 19.8 Å². The second-order valence-electron chi connectivity index (χ2n) is 2.46. The maximum atomic E-state index is 11.2. The molecule has 70 valence electrons. The molecule has 1 aliphatic rings. The standard InChI is InChI=1S/C8H9NO4/c1-13-8(11)5-4-6(9-12)2-3-7(8)10/h2-5,11-12H,1H3/b9-6-. The van der Waals surface area contributed by atoms with Crippen molar-refractivity contribution in [2.45, 2.75) is 5.79 Å². The molecular weight excluding hydrogens is 174 g/mol. The number of nitrogens with zero attached hydrogens (tertiary/aromatic N) is 1. The van der Waals surface area contributed by atoms with Gasteiger partial charge in [0.05, 0.1) is 0 Å². The van der Waals surface area contributed by atoms with Crippen LogP contribution in [0, 0.1) is 0 Å². The molecule has 0 radical (unpaired) electrons. The van der Waals surface area contributed by atoms with E-state index in [1.807, 2.05) is 0 Å². The quantitative estimate of drug-likeness (QED) is 0.336. The molecule has 0 aromatic rings. The van der Waals surface area contributed by atoms with Crippen LogP contribution < -0.4 is 0 Å². The van der Waals surface area contributed by atoms with E-state index in [2.05, 4.69) is 9.89 Å². The molecule has 5 nitrogen and oxygen atoms in total. The first kappa shape index (κ1) is 9.63. The monoisotopic (exact) mass is 183 g/mol. The van der Waals surface area contributed by atoms with Gasteiger partial charge in [-0.3, -0.25) is 4.79 Å². The molecule has 0 spiro atoms. The van der Waals surface area contributed by atoms with Crippen LogP contribution in [-0.4, -0.2) is 34.7 Å². The molecule has 2 N–H and O–H groups in total. The highest BCUT2D eigenvalue weighted by Crippen LogP contribution is 2.13. The SMILES string of the molecule is COC1(O)C=C/C(=N\O)C=CC1=O. The largest absolute Gasteiger partial charge is 0.410 e. The second-order valence-corrected chi connectivity index (χ2v) is 2.46. The van der Waals surface area contributed by atoms with Gasteiger partial charge in [-0.05, 0) is 24.3 Å². The van der Waals surface area contributed by atoms with E-state index in [0.29, 0.717) is 0 Å². The summed E-state index contributed by atoms with van der Waals surface area (Å²) >= 11 is 0. The first-order chi connectivity index (χ1) is 6.12. The number of hydrogen-bond donors (Lipinski definition) is 2. The smallest absolute Gasteiger partial charge is 0.251 e. The third-order valence-electron chi connectivity index (χ3n) is 1.67. The summed E-state index contributed by atoms with van der Waals surface area (Å²) in [6, 6.07) is 0. The van der Waals surface area contributed by atoms with Crippen molar-refractivity contribution in [1.29, 1.82) is 0 Å². The highest BCUT2D eigenvalue weighted by molar-refractivity contribution is 6.11. The number of oxime groups is 1. The van der Waals surface area contributed by atoms with Crippen LogP contribution in [-0.2, 0) is 9.53 Å². The van der Waals surface area contributed by atoms with Crippen molar-refractivity contribution >= 4 is 11.5 Å². The summed E-state index contributed by atoms with van der Waals surface area (Å²) in [6.45, 7) is 0. The highest BCUT2D eigenvalue weighted by atomic mass is 16.6. The Hall–Kier alpha value is -1.46. The van der Waals surface area contributed by atoms with Gasteiger partial charge in [0.25, 0.3) is 5.79 Å². The van der Waals surface area contributed by atoms with Gasteiger partial charge in [-0.25, -0.2) is 0 Å². The Morgan fingerprint density at radius 2 is 2.15 bits per heavy atom. The molecule has 1 aliphatic carbocycles. The van der Waals surface area contributed by atoms with E-state index in [1.165, 1.54) is 19.3 Å². The zero-order chi connectivity index (χ0) is 9.90. The van der Waals surface area contributed by atoms with Crippen LogP contribution in [0.3, 0.4) is 0 Å². The normalized spacial score (nSPS) is 30.9. The Bertz CT molecular complexity index is 305. The van der Waals surface area contributed by atoms with E-state index in [1.54, 1.807) is 0 Å². The Balaban J connectivity index is 3.07. The molecule has 0 amide bonds. The van der Waals surface area contributed by atoms with Crippen molar-refractivity contribution in [2.24, 2.45) is 5.16 Å². The molecule has 0 saturated heterocycles. The van der Waals surface area contributed by atoms with E-state index in [-0.39, 0.29) is 5.71 Å². The summed E-state index contributed by atoms with van der Waals surface area (Å²) in [5, 5.41) is 20.8. The van der Waals surface area contributed by atoms with Crippen molar-refractivity contribution in [2.75, 3.05) is 7.11 Å². The van der Waals surface area contributed by atoms with Crippen LogP contribution in [0.1, 0.15) is 0 Å². The van der Waals surface area contributed by atoms with Gasteiger partial charge in [0.15, 0.2) is 0 Å². The van der Waals surface area contributed by atoms with E-state index in [9.17, 15) is 9.90 Å². The van der Waals surface area contributed by atoms with Crippen LogP contribution >= 0.6 is 0 Å². The zero-order valence-corrected chi connectivity index (χ0v) is 6.97. The van der Waals surface area contributed by atoms with Crippen LogP contribution in [0.5, 0.6) is 0 Å². The fourth-order valence-electron chi connectivity index (χ4n) is 0.852. The van der Waals surface area contributed by atoms with Gasteiger partial charge in [0, 0.05) is 7.11 Å². The third kappa shape index (κ3) is 1.82. The third-order valence-corrected chi connectivity index (χ3v) is 1.67. The van der Waals surface area contributed by atoms with Gasteiger partial charge >= 0.3 is 0 Å². The van der Waals surface area contributed by atoms with Crippen molar-refractivity contribution in [3.05, 3.63) is 24.3 Å². The number of hydrogen-bond acceptors (Lipinski definition) is 5. The molecule has 13 heavy (non-hydrogen) atoms. The molecule has 0 aromatic heterocycles. The van der Waals surface area contributed by atoms with Gasteiger partial charge in [-0.1, -0.05) is 5.16 Å². The first-order valence-corrected chi connectivity index (χ1v) is 3.54. The summed E-state index contributed by atoms with van der Waals surface area (Å²) < 4.78 is 4.60. The van der Waals surface area contributed by atoms with E-state index in [0.717, 1.165) is 12.2 Å². The van der Waals surface area contributed by atoms with Crippen LogP contribution in [0.25, 0.3) is 0 Å². The Morgan fingerprint density at radius 1 is 1.46 bits per heavy atom. The average Bonchev–Trinajstić information content (AvgIpc) is 2.29. The van der Waals surface area contributed by atoms with Gasteiger partial charge < -0.3 is 15.1 Å². The molecule has 5 heteroatoms. The number of rotatable bonds is 1. The first-order valence-electron chi connectivity index (χ1n) is 3.54. The number of methoxy groups -OCH3 is 1. The molecule has 0 bridgehead atoms. The molecular formula is C8H9NO4. The van der Waals surface area contributed by atoms with Gasteiger partial charge in [-0.2, -0.15) is 0 Å². The molecule has 0 heterocycles. The van der Waals surface area contributed by atoms with E-state index < -0.39 is 11.6 Å². The fraction of sp³-hybridized carbons (Fsp3) is 0.250. The Labute approximate surface area is 74.6 Å². The topological polar surface area (TPSA) is 79.1 Å². The Kier molecular flexibility index (Phi) is 2.60. The number of carbonyl (C=O) groups excluding carboxylic acids is 1. The van der Waals surface area contributed by atoms with Gasteiger partial charge in [-0.15, -0.1) is 0 Å². The van der Waals surface area contributed by atoms with Gasteiger partial charge in [0.2, 0.25) is 5.78 Å². The molecule has 0 saturated carbocycles. The van der Waals surface area contributed by atoms with E-state index in [4.69, 9.17) is 5.21 Å². The maximum Gasteiger partial charge on any atom is 0.251 e. The minimum atomic E-state index is -1.96. The predicted octanol–water partition coefficient (Wildman–Crippen LogP) is -0.153. The maximum absolute atomic E-state index is 11.2. The molecule has 0 fully saturated rings. The predicted molar refractivity (Wildman–Crippen MR) is 44.5 cm³/mol. The van der Waals surface area contributed by atoms with E-state index >= 15 is 0 Å². The molecule has 0 aliphatic heterocycles. The summed E-state index contributed by atoms with van der Waals surface area (Å²) in [7, 11) is 1.21. The van der Waals surface area contributed by atoms with Gasteiger partial charge in [0.1, 0.15) is 5.71 Å². The molecule has 1 unspecified atom stereocenters. The minimum Gasteiger partial charge on any atom is -0.410 e. The fourth-order valence-corrected chi connectivity index (χ4v) is 0.852.